The van der Waals surface area contributed by atoms with Gasteiger partial charge in [-0.3, -0.25) is 5.32 Å². The van der Waals surface area contributed by atoms with Crippen LogP contribution in [0.15, 0.2) is 90.2 Å². The Morgan fingerprint density at radius 3 is 2.62 bits per heavy atom. The molecule has 2 aliphatic rings. The molecule has 0 amide bonds. The highest BCUT2D eigenvalue weighted by atomic mass is 15.1. The third-order valence-electron chi connectivity index (χ3n) is 5.47. The van der Waals surface area contributed by atoms with Crippen molar-refractivity contribution in [3.05, 3.63) is 95.7 Å². The molecule has 3 aromatic carbocycles. The molecule has 2 heteroatoms. The van der Waals surface area contributed by atoms with E-state index < -0.39 is 0 Å². The van der Waals surface area contributed by atoms with Crippen LogP contribution in [0.3, 0.4) is 0 Å². The minimum atomic E-state index is 0.282. The summed E-state index contributed by atoms with van der Waals surface area (Å²) < 4.78 is 0. The molecule has 2 nitrogen and oxygen atoms in total. The lowest BCUT2D eigenvalue weighted by Gasteiger charge is -2.31. The Labute approximate surface area is 154 Å². The second-order valence-corrected chi connectivity index (χ2v) is 7.01. The summed E-state index contributed by atoms with van der Waals surface area (Å²) in [5.41, 5.74) is 6.68. The number of benzene rings is 3. The Bertz CT molecular complexity index is 1010. The van der Waals surface area contributed by atoms with Gasteiger partial charge in [0.05, 0.1) is 12.7 Å². The zero-order valence-electron chi connectivity index (χ0n) is 14.7. The molecule has 0 saturated carbocycles. The first-order valence-electron chi connectivity index (χ1n) is 9.35. The molecule has 0 saturated heterocycles. The molecule has 1 heterocycles. The second-order valence-electron chi connectivity index (χ2n) is 7.01. The van der Waals surface area contributed by atoms with Crippen molar-refractivity contribution in [1.29, 1.82) is 0 Å². The first-order valence-corrected chi connectivity index (χ1v) is 9.35. The van der Waals surface area contributed by atoms with Crippen LogP contribution in [-0.4, -0.2) is 6.67 Å². The van der Waals surface area contributed by atoms with Crippen molar-refractivity contribution >= 4 is 10.8 Å². The Morgan fingerprint density at radius 1 is 0.846 bits per heavy atom. The van der Waals surface area contributed by atoms with Gasteiger partial charge >= 0.3 is 0 Å². The van der Waals surface area contributed by atoms with Crippen LogP contribution in [0, 0.1) is 0 Å². The zero-order chi connectivity index (χ0) is 17.3. The summed E-state index contributed by atoms with van der Waals surface area (Å²) in [5, 5.41) is 9.70. The van der Waals surface area contributed by atoms with Crippen molar-refractivity contribution in [1.82, 2.24) is 10.6 Å². The van der Waals surface area contributed by atoms with E-state index in [0.29, 0.717) is 0 Å². The SMILES string of the molecule is C1=CC2=C(CC1)NCNC2c1ccc(-c2cccc3ccccc23)cc1. The predicted octanol–water partition coefficient (Wildman–Crippen LogP) is 5.30. The molecule has 0 radical (unpaired) electrons. The van der Waals surface area contributed by atoms with Crippen LogP contribution >= 0.6 is 0 Å². The van der Waals surface area contributed by atoms with E-state index in [-0.39, 0.29) is 6.04 Å². The quantitative estimate of drug-likeness (QED) is 0.662. The molecule has 5 rings (SSSR count). The van der Waals surface area contributed by atoms with Crippen LogP contribution in [0.4, 0.5) is 0 Å². The summed E-state index contributed by atoms with van der Waals surface area (Å²) in [4.78, 5) is 0. The number of hydrogen-bond donors (Lipinski definition) is 2. The van der Waals surface area contributed by atoms with E-state index >= 15 is 0 Å². The Morgan fingerprint density at radius 2 is 1.69 bits per heavy atom. The summed E-state index contributed by atoms with van der Waals surface area (Å²) in [6, 6.07) is 24.5. The molecule has 1 aliphatic carbocycles. The van der Waals surface area contributed by atoms with Gasteiger partial charge in [-0.25, -0.2) is 0 Å². The van der Waals surface area contributed by atoms with E-state index in [1.807, 2.05) is 0 Å². The highest BCUT2D eigenvalue weighted by Crippen LogP contribution is 2.33. The Hall–Kier alpha value is -2.84. The van der Waals surface area contributed by atoms with E-state index in [4.69, 9.17) is 0 Å². The third kappa shape index (κ3) is 2.63. The Balaban J connectivity index is 1.52. The van der Waals surface area contributed by atoms with E-state index in [2.05, 4.69) is 89.5 Å². The van der Waals surface area contributed by atoms with E-state index in [9.17, 15) is 0 Å². The molecule has 0 aromatic heterocycles. The van der Waals surface area contributed by atoms with E-state index in [1.54, 1.807) is 0 Å². The molecule has 0 spiro atoms. The van der Waals surface area contributed by atoms with Gasteiger partial charge in [-0.1, -0.05) is 78.9 Å². The maximum atomic E-state index is 3.60. The molecular formula is C24H22N2. The predicted molar refractivity (Wildman–Crippen MR) is 109 cm³/mol. The van der Waals surface area contributed by atoms with Gasteiger partial charge in [-0.05, 0) is 45.9 Å². The molecule has 2 N–H and O–H groups in total. The van der Waals surface area contributed by atoms with Gasteiger partial charge < -0.3 is 5.32 Å². The van der Waals surface area contributed by atoms with Crippen molar-refractivity contribution in [2.45, 2.75) is 18.9 Å². The van der Waals surface area contributed by atoms with Crippen molar-refractivity contribution in [3.63, 3.8) is 0 Å². The molecule has 1 unspecified atom stereocenters. The summed E-state index contributed by atoms with van der Waals surface area (Å²) in [5.74, 6) is 0. The van der Waals surface area contributed by atoms with Gasteiger partial charge in [0.2, 0.25) is 0 Å². The fourth-order valence-electron chi connectivity index (χ4n) is 4.14. The smallest absolute Gasteiger partial charge is 0.0657 e. The molecule has 0 bridgehead atoms. The van der Waals surface area contributed by atoms with Gasteiger partial charge in [-0.2, -0.15) is 0 Å². The molecule has 1 atom stereocenters. The van der Waals surface area contributed by atoms with Crippen molar-refractivity contribution < 1.29 is 0 Å². The van der Waals surface area contributed by atoms with Gasteiger partial charge in [0.25, 0.3) is 0 Å². The van der Waals surface area contributed by atoms with Gasteiger partial charge in [0.15, 0.2) is 0 Å². The average Bonchev–Trinajstić information content (AvgIpc) is 2.73. The molecule has 26 heavy (non-hydrogen) atoms. The van der Waals surface area contributed by atoms with Gasteiger partial charge in [-0.15, -0.1) is 0 Å². The van der Waals surface area contributed by atoms with Crippen LogP contribution < -0.4 is 10.6 Å². The van der Waals surface area contributed by atoms with Gasteiger partial charge in [0, 0.05) is 5.70 Å². The number of rotatable bonds is 2. The Kier molecular flexibility index (Phi) is 3.84. The summed E-state index contributed by atoms with van der Waals surface area (Å²) in [7, 11) is 0. The molecule has 1 aliphatic heterocycles. The maximum absolute atomic E-state index is 3.60. The van der Waals surface area contributed by atoms with Gasteiger partial charge in [0.1, 0.15) is 0 Å². The number of hydrogen-bond acceptors (Lipinski definition) is 2. The van der Waals surface area contributed by atoms with Crippen LogP contribution in [0.1, 0.15) is 24.4 Å². The average molecular weight is 338 g/mol. The summed E-state index contributed by atoms with van der Waals surface area (Å²) in [6.07, 6.45) is 6.82. The van der Waals surface area contributed by atoms with Crippen molar-refractivity contribution in [2.75, 3.05) is 6.67 Å². The molecule has 128 valence electrons. The highest BCUT2D eigenvalue weighted by molar-refractivity contribution is 5.96. The fraction of sp³-hybridized carbons (Fsp3) is 0.167. The van der Waals surface area contributed by atoms with Crippen LogP contribution in [0.25, 0.3) is 21.9 Å². The maximum Gasteiger partial charge on any atom is 0.0657 e. The molecule has 3 aromatic rings. The van der Waals surface area contributed by atoms with Crippen molar-refractivity contribution in [3.8, 4) is 11.1 Å². The monoisotopic (exact) mass is 338 g/mol. The minimum Gasteiger partial charge on any atom is -0.375 e. The lowest BCUT2D eigenvalue weighted by atomic mass is 9.89. The minimum absolute atomic E-state index is 0.282. The lowest BCUT2D eigenvalue weighted by Crippen LogP contribution is -2.39. The summed E-state index contributed by atoms with van der Waals surface area (Å²) >= 11 is 0. The molecule has 0 fully saturated rings. The molecular weight excluding hydrogens is 316 g/mol. The fourth-order valence-corrected chi connectivity index (χ4v) is 4.14. The van der Waals surface area contributed by atoms with Crippen LogP contribution in [0.5, 0.6) is 0 Å². The summed E-state index contributed by atoms with van der Waals surface area (Å²) in [6.45, 7) is 0.836. The van der Waals surface area contributed by atoms with Crippen LogP contribution in [-0.2, 0) is 0 Å². The van der Waals surface area contributed by atoms with Crippen LogP contribution in [0.2, 0.25) is 0 Å². The first kappa shape index (κ1) is 15.4. The largest absolute Gasteiger partial charge is 0.375 e. The zero-order valence-corrected chi connectivity index (χ0v) is 14.7. The standard InChI is InChI=1S/C24H22N2/c1-2-8-20-17(6-1)7-5-10-21(20)18-12-14-19(15-13-18)24-22-9-3-4-11-23(22)25-16-26-24/h1-3,5-10,12-15,24-26H,4,11,16H2. The second kappa shape index (κ2) is 6.47. The van der Waals surface area contributed by atoms with E-state index in [0.717, 1.165) is 19.5 Å². The van der Waals surface area contributed by atoms with Crippen molar-refractivity contribution in [2.24, 2.45) is 0 Å². The highest BCUT2D eigenvalue weighted by Gasteiger charge is 2.23. The number of nitrogens with one attached hydrogen (secondary N) is 2. The number of fused-ring (bicyclic) bond motifs is 1. The lowest BCUT2D eigenvalue weighted by molar-refractivity contribution is 0.509. The third-order valence-corrected chi connectivity index (χ3v) is 5.47. The topological polar surface area (TPSA) is 24.1 Å². The van der Waals surface area contributed by atoms with E-state index in [1.165, 1.54) is 38.7 Å². The normalized spacial score (nSPS) is 19.3. The first-order chi connectivity index (χ1) is 12.9. The number of allylic oxidation sites excluding steroid dienone is 2.